The summed E-state index contributed by atoms with van der Waals surface area (Å²) in [5.74, 6) is -0.666. The van der Waals surface area contributed by atoms with Crippen LogP contribution < -0.4 is 16.0 Å². The molecule has 3 rings (SSSR count). The number of nitrogens with zero attached hydrogens (tertiary/aromatic N) is 3. The third kappa shape index (κ3) is 10.1. The number of carbonyl (C=O) groups excluding carboxylic acids is 2. The number of aromatic amines is 1. The first-order valence-electron chi connectivity index (χ1n) is 15.1. The highest BCUT2D eigenvalue weighted by Gasteiger charge is 2.48. The Morgan fingerprint density at radius 2 is 1.62 bits per heavy atom. The van der Waals surface area contributed by atoms with Crippen LogP contribution in [0.5, 0.6) is 0 Å². The van der Waals surface area contributed by atoms with Gasteiger partial charge in [0.25, 0.3) is 0 Å². The molecule has 0 spiro atoms. The van der Waals surface area contributed by atoms with E-state index in [2.05, 4.69) is 42.8 Å². The van der Waals surface area contributed by atoms with Crippen LogP contribution in [0.3, 0.4) is 0 Å². The number of anilines is 1. The highest BCUT2D eigenvalue weighted by molar-refractivity contribution is 5.85. The van der Waals surface area contributed by atoms with Gasteiger partial charge in [-0.15, -0.1) is 0 Å². The smallest absolute Gasteiger partial charge is 0.239 e. The SMILES string of the molecule is CCCCCCCCCCCCCC(=O)NCC(=O)N[C@@H]1[C@@H](O)[C@@H](O)[C@@H](Nc2ncnc3nc[nH]c23)O[C@H]1[C@@H](O)CO. The van der Waals surface area contributed by atoms with Crippen molar-refractivity contribution < 1.29 is 34.8 Å². The van der Waals surface area contributed by atoms with E-state index in [1.165, 1.54) is 64.0 Å². The zero-order valence-corrected chi connectivity index (χ0v) is 24.4. The molecule has 2 aromatic rings. The average Bonchev–Trinajstić information content (AvgIpc) is 3.48. The zero-order valence-electron chi connectivity index (χ0n) is 24.4. The van der Waals surface area contributed by atoms with Gasteiger partial charge in [-0.05, 0) is 6.42 Å². The van der Waals surface area contributed by atoms with Crippen LogP contribution in [0.2, 0.25) is 0 Å². The number of rotatable bonds is 19. The monoisotopic (exact) mass is 593 g/mol. The van der Waals surface area contributed by atoms with Crippen molar-refractivity contribution in [1.29, 1.82) is 0 Å². The molecule has 2 amide bonds. The van der Waals surface area contributed by atoms with E-state index in [9.17, 15) is 30.0 Å². The number of H-pyrrole nitrogens is 1. The molecule has 1 aliphatic rings. The average molecular weight is 594 g/mol. The fraction of sp³-hybridized carbons (Fsp3) is 0.750. The number of carbonyl (C=O) groups is 2. The minimum atomic E-state index is -1.59. The molecule has 0 radical (unpaired) electrons. The van der Waals surface area contributed by atoms with Gasteiger partial charge in [0.2, 0.25) is 11.8 Å². The predicted octanol–water partition coefficient (Wildman–Crippen LogP) is 0.867. The van der Waals surface area contributed by atoms with Gasteiger partial charge in [0.1, 0.15) is 36.3 Å². The molecule has 8 N–H and O–H groups in total. The molecule has 42 heavy (non-hydrogen) atoms. The van der Waals surface area contributed by atoms with Crippen LogP contribution in [0, 0.1) is 0 Å². The lowest BCUT2D eigenvalue weighted by molar-refractivity contribution is -0.204. The molecule has 0 unspecified atom stereocenters. The summed E-state index contributed by atoms with van der Waals surface area (Å²) in [6.07, 6.45) is 8.74. The molecule has 236 valence electrons. The van der Waals surface area contributed by atoms with Gasteiger partial charge in [0.15, 0.2) is 17.7 Å². The van der Waals surface area contributed by atoms with E-state index in [0.717, 1.165) is 19.3 Å². The number of hydrogen-bond acceptors (Lipinski definition) is 11. The summed E-state index contributed by atoms with van der Waals surface area (Å²) in [7, 11) is 0. The van der Waals surface area contributed by atoms with E-state index in [1.807, 2.05) is 0 Å². The Hall–Kier alpha value is -2.91. The fourth-order valence-electron chi connectivity index (χ4n) is 5.10. The van der Waals surface area contributed by atoms with Crippen molar-refractivity contribution in [3.05, 3.63) is 12.7 Å². The second kappa shape index (κ2) is 17.9. The minimum Gasteiger partial charge on any atom is -0.394 e. The van der Waals surface area contributed by atoms with Gasteiger partial charge in [-0.1, -0.05) is 71.1 Å². The second-order valence-electron chi connectivity index (χ2n) is 10.9. The van der Waals surface area contributed by atoms with E-state index in [0.29, 0.717) is 17.6 Å². The number of aliphatic hydroxyl groups is 4. The molecule has 1 fully saturated rings. The fourth-order valence-corrected chi connectivity index (χ4v) is 5.10. The van der Waals surface area contributed by atoms with Crippen LogP contribution in [0.25, 0.3) is 11.2 Å². The Kier molecular flexibility index (Phi) is 14.3. The van der Waals surface area contributed by atoms with Gasteiger partial charge >= 0.3 is 0 Å². The van der Waals surface area contributed by atoms with Gasteiger partial charge in [-0.3, -0.25) is 9.59 Å². The zero-order chi connectivity index (χ0) is 30.3. The van der Waals surface area contributed by atoms with E-state index >= 15 is 0 Å². The van der Waals surface area contributed by atoms with Gasteiger partial charge in [0, 0.05) is 6.42 Å². The van der Waals surface area contributed by atoms with Crippen LogP contribution in [-0.4, -0.2) is 102 Å². The summed E-state index contributed by atoms with van der Waals surface area (Å²) < 4.78 is 5.78. The number of aliphatic hydroxyl groups excluding tert-OH is 4. The van der Waals surface area contributed by atoms with E-state index in [4.69, 9.17) is 4.74 Å². The maximum Gasteiger partial charge on any atom is 0.239 e. The summed E-state index contributed by atoms with van der Waals surface area (Å²) in [6.45, 7) is 1.15. The Morgan fingerprint density at radius 3 is 2.29 bits per heavy atom. The first kappa shape index (κ1) is 33.6. The van der Waals surface area contributed by atoms with Crippen LogP contribution in [-0.2, 0) is 14.3 Å². The molecule has 2 aromatic heterocycles. The molecule has 3 heterocycles. The molecular weight excluding hydrogens is 546 g/mol. The number of imidazole rings is 1. The number of hydrogen-bond donors (Lipinski definition) is 8. The third-order valence-electron chi connectivity index (χ3n) is 7.54. The van der Waals surface area contributed by atoms with Crippen LogP contribution in [0.1, 0.15) is 84.0 Å². The Labute approximate surface area is 246 Å². The van der Waals surface area contributed by atoms with Crippen molar-refractivity contribution in [1.82, 2.24) is 30.6 Å². The van der Waals surface area contributed by atoms with Crippen molar-refractivity contribution in [3.63, 3.8) is 0 Å². The van der Waals surface area contributed by atoms with Crippen LogP contribution in [0.15, 0.2) is 12.7 Å². The van der Waals surface area contributed by atoms with Crippen molar-refractivity contribution in [2.75, 3.05) is 18.5 Å². The lowest BCUT2D eigenvalue weighted by Crippen LogP contribution is -2.68. The largest absolute Gasteiger partial charge is 0.394 e. The molecule has 0 aromatic carbocycles. The summed E-state index contributed by atoms with van der Waals surface area (Å²) in [6, 6.07) is -1.27. The Morgan fingerprint density at radius 1 is 0.952 bits per heavy atom. The lowest BCUT2D eigenvalue weighted by Gasteiger charge is -2.44. The van der Waals surface area contributed by atoms with Crippen LogP contribution >= 0.6 is 0 Å². The molecule has 6 atom stereocenters. The molecule has 0 saturated carbocycles. The number of ether oxygens (including phenoxy) is 1. The van der Waals surface area contributed by atoms with Crippen molar-refractivity contribution >= 4 is 28.8 Å². The van der Waals surface area contributed by atoms with E-state index in [-0.39, 0.29) is 18.3 Å². The highest BCUT2D eigenvalue weighted by atomic mass is 16.5. The molecule has 1 saturated heterocycles. The first-order chi connectivity index (χ1) is 20.3. The van der Waals surface area contributed by atoms with E-state index < -0.39 is 49.2 Å². The number of nitrogens with one attached hydrogen (secondary N) is 4. The van der Waals surface area contributed by atoms with Crippen molar-refractivity contribution in [3.8, 4) is 0 Å². The van der Waals surface area contributed by atoms with Crippen molar-refractivity contribution in [2.24, 2.45) is 0 Å². The summed E-state index contributed by atoms with van der Waals surface area (Å²) in [4.78, 5) is 39.8. The van der Waals surface area contributed by atoms with Crippen LogP contribution in [0.4, 0.5) is 5.82 Å². The maximum atomic E-state index is 12.6. The predicted molar refractivity (Wildman–Crippen MR) is 155 cm³/mol. The molecule has 0 bridgehead atoms. The Bertz CT molecular complexity index is 1090. The summed E-state index contributed by atoms with van der Waals surface area (Å²) in [5.41, 5.74) is 0.794. The molecule has 1 aliphatic heterocycles. The quantitative estimate of drug-likeness (QED) is 0.107. The van der Waals surface area contributed by atoms with Gasteiger partial charge < -0.3 is 46.1 Å². The minimum absolute atomic E-state index is 0.231. The van der Waals surface area contributed by atoms with Gasteiger partial charge in [-0.2, -0.15) is 0 Å². The van der Waals surface area contributed by atoms with Gasteiger partial charge in [0.05, 0.1) is 25.5 Å². The molecule has 14 nitrogen and oxygen atoms in total. The second-order valence-corrected chi connectivity index (χ2v) is 10.9. The summed E-state index contributed by atoms with van der Waals surface area (Å²) >= 11 is 0. The third-order valence-corrected chi connectivity index (χ3v) is 7.54. The van der Waals surface area contributed by atoms with Gasteiger partial charge in [-0.25, -0.2) is 15.0 Å². The lowest BCUT2D eigenvalue weighted by atomic mass is 9.92. The normalized spacial score (nSPS) is 23.0. The molecular formula is C28H47N7O7. The number of fused-ring (bicyclic) bond motifs is 1. The number of aromatic nitrogens is 4. The van der Waals surface area contributed by atoms with E-state index in [1.54, 1.807) is 0 Å². The summed E-state index contributed by atoms with van der Waals surface area (Å²) in [5, 5.41) is 49.5. The number of amides is 2. The highest BCUT2D eigenvalue weighted by Crippen LogP contribution is 2.26. The molecule has 0 aliphatic carbocycles. The Balaban J connectivity index is 1.40. The first-order valence-corrected chi connectivity index (χ1v) is 15.1. The maximum absolute atomic E-state index is 12.6. The number of unbranched alkanes of at least 4 members (excludes halogenated alkanes) is 10. The topological polar surface area (TPSA) is 215 Å². The van der Waals surface area contributed by atoms with Crippen molar-refractivity contribution in [2.45, 2.75) is 121 Å². The molecule has 14 heteroatoms. The standard InChI is InChI=1S/C28H47N7O7/c1-2-3-4-5-6-7-8-9-10-11-12-13-19(38)29-14-20(39)34-21-23(40)24(41)28(42-25(21)18(37)15-36)35-27-22-26(31-16-30-22)32-17-33-27/h16-18,21,23-25,28,36-37,40-41H,2-15H2,1H3,(H,29,38)(H,34,39)(H2,30,31,32,33,35)/t18-,21+,23+,24+,25-,28-/m0/s1.